The molecule has 7 nitrogen and oxygen atoms in total. The molecule has 0 atom stereocenters. The molecule has 2 aromatic carbocycles. The number of ketones is 1. The molecule has 5 rings (SSSR count). The van der Waals surface area contributed by atoms with Crippen molar-refractivity contribution in [3.05, 3.63) is 70.5 Å². The molecule has 1 aliphatic carbocycles. The minimum atomic E-state index is -0.152. The Morgan fingerprint density at radius 1 is 1.00 bits per heavy atom. The molecular weight excluding hydrogens is 497 g/mol. The highest BCUT2D eigenvalue weighted by Crippen LogP contribution is 2.40. The van der Waals surface area contributed by atoms with Crippen molar-refractivity contribution in [3.8, 4) is 16.9 Å². The summed E-state index contributed by atoms with van der Waals surface area (Å²) in [6.45, 7) is 1.59. The fourth-order valence-electron chi connectivity index (χ4n) is 4.02. The van der Waals surface area contributed by atoms with E-state index in [1.165, 1.54) is 0 Å². The summed E-state index contributed by atoms with van der Waals surface area (Å²) in [6.07, 6.45) is 5.19. The van der Waals surface area contributed by atoms with Crippen LogP contribution in [0.15, 0.2) is 54.9 Å². The molecule has 0 bridgehead atoms. The topological polar surface area (TPSA) is 99.2 Å². The SMILES string of the molecule is CNCCNc1ccc(Nc2c(C(=O)C3CC3)cnc3ccc(-c4cc(Cl)c(O)c(Cl)c4)cc23)cn1. The lowest BCUT2D eigenvalue weighted by Crippen LogP contribution is -2.18. The van der Waals surface area contributed by atoms with Crippen LogP contribution in [0.3, 0.4) is 0 Å². The molecule has 184 valence electrons. The van der Waals surface area contributed by atoms with Gasteiger partial charge in [0, 0.05) is 30.6 Å². The Labute approximate surface area is 218 Å². The average Bonchev–Trinajstić information content (AvgIpc) is 3.73. The van der Waals surface area contributed by atoms with Crippen molar-refractivity contribution in [2.45, 2.75) is 12.8 Å². The van der Waals surface area contributed by atoms with Gasteiger partial charge in [0.05, 0.1) is 38.7 Å². The zero-order chi connectivity index (χ0) is 25.2. The van der Waals surface area contributed by atoms with Gasteiger partial charge in [-0.1, -0.05) is 29.3 Å². The van der Waals surface area contributed by atoms with Gasteiger partial charge in [0.2, 0.25) is 0 Å². The van der Waals surface area contributed by atoms with E-state index in [0.29, 0.717) is 11.3 Å². The lowest BCUT2D eigenvalue weighted by Gasteiger charge is -2.16. The van der Waals surface area contributed by atoms with E-state index in [0.717, 1.165) is 59.5 Å². The number of halogens is 2. The number of rotatable bonds is 9. The summed E-state index contributed by atoms with van der Waals surface area (Å²) >= 11 is 12.3. The summed E-state index contributed by atoms with van der Waals surface area (Å²) in [7, 11) is 1.90. The fourth-order valence-corrected chi connectivity index (χ4v) is 4.51. The molecule has 0 radical (unpaired) electrons. The molecule has 4 N–H and O–H groups in total. The zero-order valence-corrected chi connectivity index (χ0v) is 21.1. The minimum absolute atomic E-state index is 0.0413. The van der Waals surface area contributed by atoms with Gasteiger partial charge in [-0.25, -0.2) is 4.98 Å². The summed E-state index contributed by atoms with van der Waals surface area (Å²) < 4.78 is 0. The first-order valence-corrected chi connectivity index (χ1v) is 12.5. The first-order valence-electron chi connectivity index (χ1n) is 11.7. The van der Waals surface area contributed by atoms with Gasteiger partial charge in [-0.3, -0.25) is 9.78 Å². The molecule has 1 fully saturated rings. The standard InChI is InChI=1S/C27H25Cl2N5O2/c1-30-8-9-31-24-7-5-18(13-33-24)34-25-19-10-16(17-11-21(28)27(36)22(29)12-17)4-6-23(19)32-14-20(25)26(35)15-2-3-15/h4-7,10-15,30,36H,2-3,8-9H2,1H3,(H,31,33)(H,32,34). The van der Waals surface area contributed by atoms with Crippen LogP contribution >= 0.6 is 23.2 Å². The van der Waals surface area contributed by atoms with Gasteiger partial charge < -0.3 is 21.1 Å². The van der Waals surface area contributed by atoms with E-state index >= 15 is 0 Å². The number of benzene rings is 2. The van der Waals surface area contributed by atoms with Crippen LogP contribution in [0.4, 0.5) is 17.2 Å². The van der Waals surface area contributed by atoms with Crippen LogP contribution in [0.2, 0.25) is 10.0 Å². The summed E-state index contributed by atoms with van der Waals surface area (Å²) in [5.41, 5.74) is 4.31. The van der Waals surface area contributed by atoms with Crippen molar-refractivity contribution in [1.82, 2.24) is 15.3 Å². The van der Waals surface area contributed by atoms with Gasteiger partial charge in [0.15, 0.2) is 11.5 Å². The third-order valence-electron chi connectivity index (χ3n) is 6.15. The molecule has 0 spiro atoms. The van der Waals surface area contributed by atoms with E-state index in [4.69, 9.17) is 23.2 Å². The second-order valence-electron chi connectivity index (χ2n) is 8.79. The van der Waals surface area contributed by atoms with Crippen molar-refractivity contribution in [1.29, 1.82) is 0 Å². The highest BCUT2D eigenvalue weighted by Gasteiger charge is 2.32. The Kier molecular flexibility index (Phi) is 6.96. The molecule has 36 heavy (non-hydrogen) atoms. The Hall–Kier alpha value is -3.39. The number of carbonyl (C=O) groups is 1. The summed E-state index contributed by atoms with van der Waals surface area (Å²) in [4.78, 5) is 22.2. The number of fused-ring (bicyclic) bond motifs is 1. The van der Waals surface area contributed by atoms with E-state index in [1.807, 2.05) is 37.4 Å². The van der Waals surface area contributed by atoms with Crippen LogP contribution in [0.1, 0.15) is 23.2 Å². The van der Waals surface area contributed by atoms with Gasteiger partial charge in [-0.05, 0) is 67.4 Å². The Bertz CT molecular complexity index is 1420. The maximum absolute atomic E-state index is 13.2. The van der Waals surface area contributed by atoms with Crippen LogP contribution in [-0.4, -0.2) is 41.0 Å². The third-order valence-corrected chi connectivity index (χ3v) is 6.72. The number of phenols is 1. The Morgan fingerprint density at radius 2 is 1.78 bits per heavy atom. The van der Waals surface area contributed by atoms with E-state index < -0.39 is 0 Å². The lowest BCUT2D eigenvalue weighted by atomic mass is 9.99. The van der Waals surface area contributed by atoms with Crippen molar-refractivity contribution in [2.24, 2.45) is 5.92 Å². The molecular formula is C27H25Cl2N5O2. The predicted octanol–water partition coefficient (Wildman–Crippen LogP) is 6.28. The van der Waals surface area contributed by atoms with Crippen LogP contribution in [0.25, 0.3) is 22.0 Å². The second-order valence-corrected chi connectivity index (χ2v) is 9.61. The maximum atomic E-state index is 13.2. The number of Topliss-reactive ketones (excluding diaryl/α,β-unsaturated/α-hetero) is 1. The first kappa shape index (κ1) is 24.3. The molecule has 9 heteroatoms. The number of hydrogen-bond acceptors (Lipinski definition) is 7. The van der Waals surface area contributed by atoms with E-state index in [-0.39, 0.29) is 27.5 Å². The van der Waals surface area contributed by atoms with Gasteiger partial charge in [-0.2, -0.15) is 0 Å². The second kappa shape index (κ2) is 10.3. The number of aromatic hydroxyl groups is 1. The predicted molar refractivity (Wildman–Crippen MR) is 146 cm³/mol. The van der Waals surface area contributed by atoms with E-state index in [2.05, 4.69) is 25.9 Å². The zero-order valence-electron chi connectivity index (χ0n) is 19.6. The number of anilines is 3. The van der Waals surface area contributed by atoms with E-state index in [1.54, 1.807) is 24.5 Å². The van der Waals surface area contributed by atoms with Crippen molar-refractivity contribution in [3.63, 3.8) is 0 Å². The average molecular weight is 522 g/mol. The highest BCUT2D eigenvalue weighted by atomic mass is 35.5. The Morgan fingerprint density at radius 3 is 2.44 bits per heavy atom. The van der Waals surface area contributed by atoms with Crippen LogP contribution in [0, 0.1) is 5.92 Å². The normalized spacial score (nSPS) is 13.1. The maximum Gasteiger partial charge on any atom is 0.169 e. The van der Waals surface area contributed by atoms with E-state index in [9.17, 15) is 9.90 Å². The number of hydrogen-bond donors (Lipinski definition) is 4. The minimum Gasteiger partial charge on any atom is -0.505 e. The Balaban J connectivity index is 1.56. The number of likely N-dealkylation sites (N-methyl/N-ethyl adjacent to an activating group) is 1. The molecule has 1 saturated carbocycles. The highest BCUT2D eigenvalue weighted by molar-refractivity contribution is 6.37. The smallest absolute Gasteiger partial charge is 0.169 e. The fraction of sp³-hybridized carbons (Fsp3) is 0.222. The number of pyridine rings is 2. The van der Waals surface area contributed by atoms with Gasteiger partial charge in [0.25, 0.3) is 0 Å². The molecule has 0 saturated heterocycles. The number of aromatic nitrogens is 2. The molecule has 0 amide bonds. The summed E-state index contributed by atoms with van der Waals surface area (Å²) in [5.74, 6) is 0.750. The van der Waals surface area contributed by atoms with Gasteiger partial charge in [0.1, 0.15) is 5.82 Å². The van der Waals surface area contributed by atoms with Crippen molar-refractivity contribution < 1.29 is 9.90 Å². The monoisotopic (exact) mass is 521 g/mol. The first-order chi connectivity index (χ1) is 17.4. The quantitative estimate of drug-likeness (QED) is 0.152. The van der Waals surface area contributed by atoms with Crippen LogP contribution in [0.5, 0.6) is 5.75 Å². The van der Waals surface area contributed by atoms with Crippen molar-refractivity contribution >= 4 is 57.1 Å². The molecule has 0 aliphatic heterocycles. The molecule has 0 unspecified atom stereocenters. The van der Waals surface area contributed by atoms with Crippen molar-refractivity contribution in [2.75, 3.05) is 30.8 Å². The molecule has 2 aromatic heterocycles. The van der Waals surface area contributed by atoms with Crippen LogP contribution < -0.4 is 16.0 Å². The number of nitrogens with one attached hydrogen (secondary N) is 3. The number of nitrogens with zero attached hydrogens (tertiary/aromatic N) is 2. The van der Waals surface area contributed by atoms with Gasteiger partial charge in [-0.15, -0.1) is 0 Å². The van der Waals surface area contributed by atoms with Gasteiger partial charge >= 0.3 is 0 Å². The molecule has 2 heterocycles. The van der Waals surface area contributed by atoms with Crippen LogP contribution in [-0.2, 0) is 0 Å². The third kappa shape index (κ3) is 5.09. The number of carbonyl (C=O) groups excluding carboxylic acids is 1. The molecule has 1 aliphatic rings. The summed E-state index contributed by atoms with van der Waals surface area (Å²) in [5, 5.41) is 20.9. The lowest BCUT2D eigenvalue weighted by molar-refractivity contribution is 0.0968. The summed E-state index contributed by atoms with van der Waals surface area (Å²) in [6, 6.07) is 12.9. The molecule has 4 aromatic rings. The number of phenolic OH excluding ortho intramolecular Hbond substituents is 1. The largest absolute Gasteiger partial charge is 0.505 e.